The van der Waals surface area contributed by atoms with Crippen molar-refractivity contribution in [3.8, 4) is 0 Å². The third kappa shape index (κ3) is 5.28. The number of hydrogen-bond acceptors (Lipinski definition) is 4. The van der Waals surface area contributed by atoms with Gasteiger partial charge in [0.2, 0.25) is 0 Å². The maximum absolute atomic E-state index is 12.6. The predicted molar refractivity (Wildman–Crippen MR) is 102 cm³/mol. The lowest BCUT2D eigenvalue weighted by Crippen LogP contribution is -2.29. The summed E-state index contributed by atoms with van der Waals surface area (Å²) < 4.78 is 37.9. The van der Waals surface area contributed by atoms with Gasteiger partial charge in [-0.15, -0.1) is 0 Å². The predicted octanol–water partition coefficient (Wildman–Crippen LogP) is 3.82. The minimum absolute atomic E-state index is 0.0542. The molecule has 0 radical (unpaired) electrons. The molecule has 3 N–H and O–H groups in total. The smallest absolute Gasteiger partial charge is 0.304 e. The average molecular weight is 394 g/mol. The Balaban J connectivity index is 2.51. The molecular weight excluding hydrogens is 373 g/mol. The van der Waals surface area contributed by atoms with Gasteiger partial charge in [-0.05, 0) is 23.5 Å². The minimum Gasteiger partial charge on any atom is -0.304 e. The van der Waals surface area contributed by atoms with Crippen molar-refractivity contribution in [3.63, 3.8) is 0 Å². The van der Waals surface area contributed by atoms with Gasteiger partial charge in [-0.3, -0.25) is 14.8 Å². The third-order valence-electron chi connectivity index (χ3n) is 4.05. The van der Waals surface area contributed by atoms with Gasteiger partial charge in [0.15, 0.2) is 0 Å². The second-order valence-corrected chi connectivity index (χ2v) is 7.43. The first-order chi connectivity index (χ1) is 12.8. The van der Waals surface area contributed by atoms with Crippen LogP contribution in [0.4, 0.5) is 19.0 Å². The Labute approximate surface area is 159 Å². The van der Waals surface area contributed by atoms with Crippen LogP contribution in [0.1, 0.15) is 50.8 Å². The van der Waals surface area contributed by atoms with E-state index >= 15 is 0 Å². The number of halogens is 3. The molecule has 1 aromatic heterocycles. The summed E-state index contributed by atoms with van der Waals surface area (Å²) in [6.45, 7) is 7.77. The van der Waals surface area contributed by atoms with Crippen LogP contribution in [0.2, 0.25) is 0 Å². The Kier molecular flexibility index (Phi) is 5.77. The van der Waals surface area contributed by atoms with Crippen LogP contribution in [0.15, 0.2) is 38.8 Å². The zero-order valence-electron chi connectivity index (χ0n) is 15.9. The lowest BCUT2D eigenvalue weighted by molar-refractivity contribution is -0.121. The van der Waals surface area contributed by atoms with E-state index in [-0.39, 0.29) is 11.2 Å². The molecule has 2 aromatic rings. The van der Waals surface area contributed by atoms with Crippen LogP contribution in [-0.4, -0.2) is 27.6 Å². The van der Waals surface area contributed by atoms with Crippen molar-refractivity contribution in [2.75, 3.05) is 0 Å². The Morgan fingerprint density at radius 3 is 2.14 bits per heavy atom. The molecule has 6 nitrogen and oxygen atoms in total. The molecule has 0 amide bonds. The van der Waals surface area contributed by atoms with Crippen LogP contribution >= 0.6 is 0 Å². The molecule has 0 fully saturated rings. The molecular formula is C19H21F3N4O2. The normalized spacial score (nSPS) is 12.9. The van der Waals surface area contributed by atoms with Crippen molar-refractivity contribution in [1.29, 1.82) is 5.41 Å². The molecule has 0 saturated heterocycles. The number of aliphatic imine (C=N–C) groups is 1. The summed E-state index contributed by atoms with van der Waals surface area (Å²) >= 11 is 0. The highest BCUT2D eigenvalue weighted by atomic mass is 19.4. The first-order valence-electron chi connectivity index (χ1n) is 8.45. The van der Waals surface area contributed by atoms with Crippen LogP contribution in [0, 0.1) is 5.41 Å². The van der Waals surface area contributed by atoms with Gasteiger partial charge in [0.1, 0.15) is 11.4 Å². The summed E-state index contributed by atoms with van der Waals surface area (Å²) in [7, 11) is 0. The summed E-state index contributed by atoms with van der Waals surface area (Å²) in [6, 6.07) is 7.40. The molecule has 0 bridgehead atoms. The highest BCUT2D eigenvalue weighted by Gasteiger charge is 2.31. The summed E-state index contributed by atoms with van der Waals surface area (Å²) in [4.78, 5) is 31.8. The van der Waals surface area contributed by atoms with E-state index in [1.54, 1.807) is 19.1 Å². The van der Waals surface area contributed by atoms with Crippen molar-refractivity contribution >= 4 is 17.2 Å². The van der Waals surface area contributed by atoms with Crippen LogP contribution in [-0.2, 0) is 5.41 Å². The Morgan fingerprint density at radius 2 is 1.64 bits per heavy atom. The molecule has 150 valence electrons. The molecule has 0 saturated carbocycles. The molecule has 28 heavy (non-hydrogen) atoms. The molecule has 0 atom stereocenters. The summed E-state index contributed by atoms with van der Waals surface area (Å²) in [5, 5.41) is 7.65. The number of alkyl halides is 3. The second kappa shape index (κ2) is 7.57. The fraction of sp³-hybridized carbons (Fsp3) is 0.368. The van der Waals surface area contributed by atoms with Gasteiger partial charge in [0, 0.05) is 5.71 Å². The van der Waals surface area contributed by atoms with Crippen molar-refractivity contribution in [1.82, 2.24) is 9.97 Å². The zero-order chi connectivity index (χ0) is 21.3. The van der Waals surface area contributed by atoms with Gasteiger partial charge in [-0.2, -0.15) is 13.2 Å². The molecule has 0 spiro atoms. The zero-order valence-corrected chi connectivity index (χ0v) is 15.9. The van der Waals surface area contributed by atoms with E-state index in [0.717, 1.165) is 5.56 Å². The summed E-state index contributed by atoms with van der Waals surface area (Å²) in [6.07, 6.45) is -6.28. The minimum atomic E-state index is -4.67. The molecule has 9 heteroatoms. The fourth-order valence-corrected chi connectivity index (χ4v) is 2.57. The van der Waals surface area contributed by atoms with E-state index in [2.05, 4.69) is 30.7 Å². The summed E-state index contributed by atoms with van der Waals surface area (Å²) in [5.41, 5.74) is -1.51. The Morgan fingerprint density at radius 1 is 1.07 bits per heavy atom. The number of nitrogens with zero attached hydrogens (tertiary/aromatic N) is 1. The first kappa shape index (κ1) is 21.3. The molecule has 0 unspecified atom stereocenters. The highest BCUT2D eigenvalue weighted by molar-refractivity contribution is 6.05. The number of H-pyrrole nitrogens is 2. The first-order valence-corrected chi connectivity index (χ1v) is 8.45. The van der Waals surface area contributed by atoms with Crippen molar-refractivity contribution in [3.05, 3.63) is 61.8 Å². The molecule has 1 aromatic carbocycles. The number of benzene rings is 1. The van der Waals surface area contributed by atoms with Crippen molar-refractivity contribution in [2.45, 2.75) is 45.7 Å². The van der Waals surface area contributed by atoms with E-state index in [4.69, 9.17) is 5.41 Å². The molecule has 0 aliphatic heterocycles. The quantitative estimate of drug-likeness (QED) is 0.687. The molecule has 2 rings (SSSR count). The van der Waals surface area contributed by atoms with Gasteiger partial charge in [0.05, 0.1) is 12.1 Å². The van der Waals surface area contributed by atoms with E-state index in [0.29, 0.717) is 11.3 Å². The number of nitrogens with one attached hydrogen (secondary N) is 3. The van der Waals surface area contributed by atoms with Crippen LogP contribution in [0.25, 0.3) is 0 Å². The van der Waals surface area contributed by atoms with E-state index < -0.39 is 35.1 Å². The van der Waals surface area contributed by atoms with E-state index in [1.807, 2.05) is 17.1 Å². The van der Waals surface area contributed by atoms with Crippen molar-refractivity contribution in [2.24, 2.45) is 4.99 Å². The number of aromatic nitrogens is 2. The van der Waals surface area contributed by atoms with E-state index in [1.165, 1.54) is 0 Å². The second-order valence-electron chi connectivity index (χ2n) is 7.43. The van der Waals surface area contributed by atoms with Gasteiger partial charge in [0.25, 0.3) is 5.56 Å². The standard InChI is InChI=1S/C19H21F3N4O2/c1-10(11-5-7-12(8-6-11)18(2,3)4)24-15-14(13(23)9-19(20,21)22)16(27)26-17(28)25-15/h5-8,23H,9H2,1-4H3,(H2,25,26,27,28)/b23-13?,24-10-. The lowest BCUT2D eigenvalue weighted by atomic mass is 9.86. The fourth-order valence-electron chi connectivity index (χ4n) is 2.57. The Bertz CT molecular complexity index is 1020. The largest absolute Gasteiger partial charge is 0.394 e. The van der Waals surface area contributed by atoms with Gasteiger partial charge in [-0.1, -0.05) is 45.0 Å². The van der Waals surface area contributed by atoms with Gasteiger partial charge in [-0.25, -0.2) is 9.79 Å². The summed E-state index contributed by atoms with van der Waals surface area (Å²) in [5.74, 6) is -0.375. The topological polar surface area (TPSA) is 102 Å². The highest BCUT2D eigenvalue weighted by Crippen LogP contribution is 2.25. The molecule has 0 aliphatic carbocycles. The van der Waals surface area contributed by atoms with Gasteiger partial charge >= 0.3 is 11.9 Å². The van der Waals surface area contributed by atoms with Gasteiger partial charge < -0.3 is 5.41 Å². The van der Waals surface area contributed by atoms with Crippen LogP contribution < -0.4 is 11.2 Å². The van der Waals surface area contributed by atoms with Crippen LogP contribution in [0.3, 0.4) is 0 Å². The lowest BCUT2D eigenvalue weighted by Gasteiger charge is -2.19. The Hall–Kier alpha value is -2.97. The number of rotatable bonds is 4. The molecule has 0 aliphatic rings. The monoisotopic (exact) mass is 394 g/mol. The maximum Gasteiger partial charge on any atom is 0.394 e. The van der Waals surface area contributed by atoms with Crippen LogP contribution in [0.5, 0.6) is 0 Å². The molecule has 1 heterocycles. The third-order valence-corrected chi connectivity index (χ3v) is 4.05. The van der Waals surface area contributed by atoms with E-state index in [9.17, 15) is 22.8 Å². The maximum atomic E-state index is 12.6. The number of hydrogen-bond donors (Lipinski definition) is 3. The van der Waals surface area contributed by atoms with Crippen molar-refractivity contribution < 1.29 is 13.2 Å². The SMILES string of the molecule is C/C(=N/c1[nH]c(=O)[nH]c(=O)c1C(=N)CC(F)(F)F)c1ccc(C(C)(C)C)cc1. The average Bonchev–Trinajstić information content (AvgIpc) is 2.51. The number of aromatic amines is 2.